The molecule has 0 spiro atoms. The van der Waals surface area contributed by atoms with Gasteiger partial charge in [0.1, 0.15) is 0 Å². The van der Waals surface area contributed by atoms with Crippen LogP contribution in [0.1, 0.15) is 39.1 Å². The summed E-state index contributed by atoms with van der Waals surface area (Å²) >= 11 is 0. The van der Waals surface area contributed by atoms with E-state index < -0.39 is 0 Å². The van der Waals surface area contributed by atoms with Gasteiger partial charge in [0.15, 0.2) is 0 Å². The molecule has 0 aliphatic rings. The molecule has 0 radical (unpaired) electrons. The molecule has 0 saturated carbocycles. The minimum atomic E-state index is 0. The van der Waals surface area contributed by atoms with Gasteiger partial charge in [0.05, 0.1) is 22.8 Å². The SMILES string of the molecule is CCN=C(C)c1cccc(C(C)=NCC)n1.[Cl-].[Cl-].[Cl-].[Co+3]. The van der Waals surface area contributed by atoms with Crippen LogP contribution in [0.25, 0.3) is 0 Å². The summed E-state index contributed by atoms with van der Waals surface area (Å²) in [6, 6.07) is 5.97. The van der Waals surface area contributed by atoms with Crippen LogP contribution in [-0.2, 0) is 16.8 Å². The molecule has 3 nitrogen and oxygen atoms in total. The minimum absolute atomic E-state index is 0. The van der Waals surface area contributed by atoms with Crippen LogP contribution in [0.15, 0.2) is 28.2 Å². The van der Waals surface area contributed by atoms with Crippen LogP contribution in [0.2, 0.25) is 0 Å². The Kier molecular flexibility index (Phi) is 21.4. The van der Waals surface area contributed by atoms with Gasteiger partial charge < -0.3 is 37.2 Å². The summed E-state index contributed by atoms with van der Waals surface area (Å²) in [4.78, 5) is 13.3. The molecule has 1 heterocycles. The fourth-order valence-corrected chi connectivity index (χ4v) is 1.47. The molecule has 1 aromatic rings. The standard InChI is InChI=1S/C13H19N3.3ClH.Co/c1-5-14-10(3)12-8-7-9-13(16-12)11(4)15-6-2;;;;/h7-9H,5-6H2,1-4H3;3*1H;/q;;;;+3/p-3. The maximum Gasteiger partial charge on any atom is 3.00 e. The van der Waals surface area contributed by atoms with Crippen molar-refractivity contribution in [3.63, 3.8) is 0 Å². The van der Waals surface area contributed by atoms with Crippen LogP contribution < -0.4 is 37.2 Å². The Morgan fingerprint density at radius 2 is 1.25 bits per heavy atom. The molecule has 0 saturated heterocycles. The van der Waals surface area contributed by atoms with Crippen LogP contribution in [0, 0.1) is 0 Å². The van der Waals surface area contributed by atoms with Gasteiger partial charge in [-0.25, -0.2) is 4.98 Å². The second-order valence-electron chi connectivity index (χ2n) is 3.53. The molecule has 116 valence electrons. The van der Waals surface area contributed by atoms with Gasteiger partial charge in [-0.1, -0.05) is 6.07 Å². The second kappa shape index (κ2) is 15.3. The summed E-state index contributed by atoms with van der Waals surface area (Å²) in [5, 5.41) is 0. The zero-order valence-corrected chi connectivity index (χ0v) is 15.3. The molecule has 0 atom stereocenters. The van der Waals surface area contributed by atoms with Gasteiger partial charge in [-0.3, -0.25) is 9.98 Å². The van der Waals surface area contributed by atoms with Crippen molar-refractivity contribution in [1.82, 2.24) is 4.98 Å². The number of aliphatic imine (C=N–C) groups is 2. The Hall–Kier alpha value is -0.134. The molecule has 0 aliphatic carbocycles. The molecule has 1 rings (SSSR count). The molecule has 0 aromatic carbocycles. The first-order chi connectivity index (χ1) is 7.69. The summed E-state index contributed by atoms with van der Waals surface area (Å²) in [5.41, 5.74) is 3.83. The summed E-state index contributed by atoms with van der Waals surface area (Å²) in [7, 11) is 0. The van der Waals surface area contributed by atoms with Crippen molar-refractivity contribution in [3.8, 4) is 0 Å². The molecule has 0 fully saturated rings. The van der Waals surface area contributed by atoms with E-state index in [1.54, 1.807) is 0 Å². The van der Waals surface area contributed by atoms with Crippen molar-refractivity contribution >= 4 is 11.4 Å². The van der Waals surface area contributed by atoms with E-state index in [9.17, 15) is 0 Å². The molecule has 7 heteroatoms. The Morgan fingerprint density at radius 1 is 0.900 bits per heavy atom. The maximum absolute atomic E-state index is 4.55. The van der Waals surface area contributed by atoms with E-state index in [0.717, 1.165) is 35.9 Å². The minimum Gasteiger partial charge on any atom is -1.00 e. The zero-order valence-electron chi connectivity index (χ0n) is 12.0. The van der Waals surface area contributed by atoms with Gasteiger partial charge >= 0.3 is 16.8 Å². The molecule has 0 aliphatic heterocycles. The van der Waals surface area contributed by atoms with E-state index in [0.29, 0.717) is 0 Å². The van der Waals surface area contributed by atoms with Crippen molar-refractivity contribution in [2.45, 2.75) is 27.7 Å². The average molecular weight is 383 g/mol. The predicted octanol–water partition coefficient (Wildman–Crippen LogP) is -6.25. The Morgan fingerprint density at radius 3 is 1.55 bits per heavy atom. The normalized spacial score (nSPS) is 10.4. The number of hydrogen-bond donors (Lipinski definition) is 0. The van der Waals surface area contributed by atoms with E-state index in [-0.39, 0.29) is 54.0 Å². The van der Waals surface area contributed by atoms with Crippen LogP contribution in [-0.4, -0.2) is 29.5 Å². The first-order valence-electron chi connectivity index (χ1n) is 5.69. The zero-order chi connectivity index (χ0) is 12.0. The number of aromatic nitrogens is 1. The first kappa shape index (κ1) is 28.1. The predicted molar refractivity (Wildman–Crippen MR) is 69.7 cm³/mol. The summed E-state index contributed by atoms with van der Waals surface area (Å²) in [6.45, 7) is 9.61. The number of nitrogens with zero attached hydrogens (tertiary/aromatic N) is 3. The Bertz CT molecular complexity index is 388. The molecular weight excluding hydrogens is 363 g/mol. The first-order valence-corrected chi connectivity index (χ1v) is 5.69. The third-order valence-electron chi connectivity index (χ3n) is 2.28. The third-order valence-corrected chi connectivity index (χ3v) is 2.28. The van der Waals surface area contributed by atoms with E-state index >= 15 is 0 Å². The van der Waals surface area contributed by atoms with Crippen molar-refractivity contribution < 1.29 is 54.0 Å². The van der Waals surface area contributed by atoms with E-state index in [4.69, 9.17) is 0 Å². The fraction of sp³-hybridized carbons (Fsp3) is 0.462. The van der Waals surface area contributed by atoms with Crippen molar-refractivity contribution in [2.75, 3.05) is 13.1 Å². The number of rotatable bonds is 4. The van der Waals surface area contributed by atoms with Gasteiger partial charge in [0.25, 0.3) is 0 Å². The van der Waals surface area contributed by atoms with Crippen LogP contribution in [0.3, 0.4) is 0 Å². The topological polar surface area (TPSA) is 37.6 Å². The maximum atomic E-state index is 4.55. The summed E-state index contributed by atoms with van der Waals surface area (Å²) < 4.78 is 0. The Labute approximate surface area is 150 Å². The number of halogens is 3. The molecular formula is C13H19Cl3CoN3. The van der Waals surface area contributed by atoms with Crippen molar-refractivity contribution in [3.05, 3.63) is 29.6 Å². The number of hydrogen-bond acceptors (Lipinski definition) is 3. The summed E-state index contributed by atoms with van der Waals surface area (Å²) in [5.74, 6) is 0. The van der Waals surface area contributed by atoms with Crippen LogP contribution >= 0.6 is 0 Å². The Balaban J connectivity index is -0.000000320. The fourth-order valence-electron chi connectivity index (χ4n) is 1.47. The monoisotopic (exact) mass is 381 g/mol. The van der Waals surface area contributed by atoms with Crippen LogP contribution in [0.5, 0.6) is 0 Å². The smallest absolute Gasteiger partial charge is 1.00 e. The van der Waals surface area contributed by atoms with Crippen LogP contribution in [0.4, 0.5) is 0 Å². The van der Waals surface area contributed by atoms with E-state index in [2.05, 4.69) is 15.0 Å². The van der Waals surface area contributed by atoms with Gasteiger partial charge in [0, 0.05) is 13.1 Å². The molecule has 0 unspecified atom stereocenters. The van der Waals surface area contributed by atoms with E-state index in [1.165, 1.54) is 0 Å². The van der Waals surface area contributed by atoms with Crippen molar-refractivity contribution in [1.29, 1.82) is 0 Å². The molecule has 0 bridgehead atoms. The second-order valence-corrected chi connectivity index (χ2v) is 3.53. The van der Waals surface area contributed by atoms with Gasteiger partial charge in [0.2, 0.25) is 0 Å². The van der Waals surface area contributed by atoms with E-state index in [1.807, 2.05) is 45.9 Å². The third kappa shape index (κ3) is 8.92. The molecule has 0 amide bonds. The number of pyridine rings is 1. The summed E-state index contributed by atoms with van der Waals surface area (Å²) in [6.07, 6.45) is 0. The largest absolute Gasteiger partial charge is 3.00 e. The molecule has 0 N–H and O–H groups in total. The quantitative estimate of drug-likeness (QED) is 0.478. The van der Waals surface area contributed by atoms with Gasteiger partial charge in [-0.15, -0.1) is 0 Å². The molecule has 20 heavy (non-hydrogen) atoms. The van der Waals surface area contributed by atoms with Gasteiger partial charge in [-0.05, 0) is 39.8 Å². The van der Waals surface area contributed by atoms with Crippen molar-refractivity contribution in [2.24, 2.45) is 9.98 Å². The van der Waals surface area contributed by atoms with Gasteiger partial charge in [-0.2, -0.15) is 0 Å². The average Bonchev–Trinajstić information content (AvgIpc) is 2.30. The molecule has 1 aromatic heterocycles.